The van der Waals surface area contributed by atoms with E-state index in [1.807, 2.05) is 25.7 Å². The van der Waals surface area contributed by atoms with Gasteiger partial charge in [-0.2, -0.15) is 0 Å². The third kappa shape index (κ3) is 5.83. The second-order valence-electron chi connectivity index (χ2n) is 8.93. The summed E-state index contributed by atoms with van der Waals surface area (Å²) in [6.45, 7) is 10.7. The van der Waals surface area contributed by atoms with Crippen molar-refractivity contribution in [3.8, 4) is 0 Å². The van der Waals surface area contributed by atoms with Crippen molar-refractivity contribution < 1.29 is 9.53 Å². The second-order valence-corrected chi connectivity index (χ2v) is 8.93. The Morgan fingerprint density at radius 3 is 2.59 bits per heavy atom. The Hall–Kier alpha value is -1.81. The summed E-state index contributed by atoms with van der Waals surface area (Å²) in [6, 6.07) is 11.2. The fourth-order valence-corrected chi connectivity index (χ4v) is 3.77. The van der Waals surface area contributed by atoms with E-state index < -0.39 is 5.60 Å². The van der Waals surface area contributed by atoms with Crippen LogP contribution >= 0.6 is 0 Å². The van der Waals surface area contributed by atoms with E-state index in [1.54, 1.807) is 5.57 Å². The molecule has 1 N–H and O–H groups in total. The molecule has 4 heteroatoms. The van der Waals surface area contributed by atoms with E-state index in [0.29, 0.717) is 17.9 Å². The molecule has 1 aromatic carbocycles. The lowest BCUT2D eigenvalue weighted by molar-refractivity contribution is -0.00204. The Morgan fingerprint density at radius 1 is 1.26 bits per heavy atom. The van der Waals surface area contributed by atoms with Crippen molar-refractivity contribution in [1.29, 1.82) is 0 Å². The standard InChI is InChI=1S/C23H34N2O2/c1-5-19(13-17-9-7-6-8-10-17)20-14-21(20)24-12-11-18-15-25(16-18)22(26)27-23(2,3)4/h6-10,13,18,20-21,24H,5,11-12,14-16H2,1-4H3/t20?,21-/m0/s1. The van der Waals surface area contributed by atoms with Crippen LogP contribution in [-0.4, -0.2) is 42.3 Å². The molecule has 27 heavy (non-hydrogen) atoms. The summed E-state index contributed by atoms with van der Waals surface area (Å²) in [5.74, 6) is 1.29. The first-order valence-electron chi connectivity index (χ1n) is 10.3. The van der Waals surface area contributed by atoms with E-state index >= 15 is 0 Å². The summed E-state index contributed by atoms with van der Waals surface area (Å²) in [5.41, 5.74) is 2.45. The van der Waals surface area contributed by atoms with Crippen molar-refractivity contribution in [3.63, 3.8) is 0 Å². The minimum atomic E-state index is -0.408. The maximum Gasteiger partial charge on any atom is 0.410 e. The van der Waals surface area contributed by atoms with Crippen LogP contribution in [0, 0.1) is 11.8 Å². The maximum atomic E-state index is 12.0. The fraction of sp³-hybridized carbons (Fsp3) is 0.609. The van der Waals surface area contributed by atoms with Gasteiger partial charge in [-0.1, -0.05) is 48.9 Å². The van der Waals surface area contributed by atoms with Crippen LogP contribution in [0.1, 0.15) is 52.5 Å². The normalized spacial score (nSPS) is 23.1. The van der Waals surface area contributed by atoms with Gasteiger partial charge in [0.05, 0.1) is 0 Å². The van der Waals surface area contributed by atoms with Crippen LogP contribution in [0.4, 0.5) is 4.79 Å². The molecule has 1 aliphatic carbocycles. The molecule has 0 radical (unpaired) electrons. The summed E-state index contributed by atoms with van der Waals surface area (Å²) in [7, 11) is 0. The van der Waals surface area contributed by atoms with Crippen molar-refractivity contribution in [1.82, 2.24) is 10.2 Å². The summed E-state index contributed by atoms with van der Waals surface area (Å²) in [5, 5.41) is 3.71. The average Bonchev–Trinajstić information content (AvgIpc) is 3.33. The van der Waals surface area contributed by atoms with Crippen LogP contribution in [-0.2, 0) is 4.74 Å². The van der Waals surface area contributed by atoms with Crippen molar-refractivity contribution in [2.75, 3.05) is 19.6 Å². The smallest absolute Gasteiger partial charge is 0.410 e. The molecule has 3 rings (SSSR count). The van der Waals surface area contributed by atoms with Crippen LogP contribution in [0.25, 0.3) is 6.08 Å². The van der Waals surface area contributed by atoms with Gasteiger partial charge in [-0.3, -0.25) is 0 Å². The quantitative estimate of drug-likeness (QED) is 0.755. The Morgan fingerprint density at radius 2 is 1.96 bits per heavy atom. The van der Waals surface area contributed by atoms with E-state index in [9.17, 15) is 4.79 Å². The fourth-order valence-electron chi connectivity index (χ4n) is 3.77. The number of carbonyl (C=O) groups excluding carboxylic acids is 1. The molecular formula is C23H34N2O2. The van der Waals surface area contributed by atoms with E-state index in [0.717, 1.165) is 32.5 Å². The van der Waals surface area contributed by atoms with Gasteiger partial charge in [0.1, 0.15) is 5.60 Å². The maximum absolute atomic E-state index is 12.0. The average molecular weight is 371 g/mol. The molecule has 4 nitrogen and oxygen atoms in total. The monoisotopic (exact) mass is 370 g/mol. The lowest BCUT2D eigenvalue weighted by Gasteiger charge is -2.39. The highest BCUT2D eigenvalue weighted by Crippen LogP contribution is 2.39. The molecule has 148 valence electrons. The van der Waals surface area contributed by atoms with Crippen molar-refractivity contribution in [3.05, 3.63) is 41.5 Å². The number of nitrogens with zero attached hydrogens (tertiary/aromatic N) is 1. The molecule has 1 aromatic rings. The molecule has 0 spiro atoms. The van der Waals surface area contributed by atoms with Gasteiger partial charge in [0.2, 0.25) is 0 Å². The summed E-state index contributed by atoms with van der Waals surface area (Å²) in [4.78, 5) is 13.8. The highest BCUT2D eigenvalue weighted by Gasteiger charge is 2.39. The minimum absolute atomic E-state index is 0.174. The molecule has 2 atom stereocenters. The van der Waals surface area contributed by atoms with E-state index in [1.165, 1.54) is 12.0 Å². The first-order chi connectivity index (χ1) is 12.9. The molecule has 1 aliphatic heterocycles. The first kappa shape index (κ1) is 19.9. The van der Waals surface area contributed by atoms with Crippen LogP contribution in [0.3, 0.4) is 0 Å². The molecule has 2 aliphatic rings. The minimum Gasteiger partial charge on any atom is -0.444 e. The molecule has 0 bridgehead atoms. The Balaban J connectivity index is 1.34. The second kappa shape index (κ2) is 8.47. The highest BCUT2D eigenvalue weighted by atomic mass is 16.6. The lowest BCUT2D eigenvalue weighted by Crippen LogP contribution is -2.52. The first-order valence-corrected chi connectivity index (χ1v) is 10.3. The predicted octanol–water partition coefficient (Wildman–Crippen LogP) is 4.72. The van der Waals surface area contributed by atoms with Gasteiger partial charge in [0.15, 0.2) is 0 Å². The number of hydrogen-bond acceptors (Lipinski definition) is 3. The zero-order chi connectivity index (χ0) is 19.4. The predicted molar refractivity (Wildman–Crippen MR) is 111 cm³/mol. The van der Waals surface area contributed by atoms with Crippen LogP contribution in [0.15, 0.2) is 35.9 Å². The van der Waals surface area contributed by atoms with Crippen LogP contribution in [0.2, 0.25) is 0 Å². The Bertz CT molecular complexity index is 657. The molecule has 1 saturated heterocycles. The van der Waals surface area contributed by atoms with Gasteiger partial charge < -0.3 is 15.0 Å². The number of likely N-dealkylation sites (tertiary alicyclic amines) is 1. The van der Waals surface area contributed by atoms with Crippen molar-refractivity contribution >= 4 is 12.2 Å². The molecule has 1 unspecified atom stereocenters. The number of amides is 1. The van der Waals surface area contributed by atoms with Crippen molar-refractivity contribution in [2.24, 2.45) is 11.8 Å². The molecular weight excluding hydrogens is 336 g/mol. The molecule has 1 saturated carbocycles. The largest absolute Gasteiger partial charge is 0.444 e. The summed E-state index contributed by atoms with van der Waals surface area (Å²) < 4.78 is 5.41. The van der Waals surface area contributed by atoms with Crippen LogP contribution in [0.5, 0.6) is 0 Å². The van der Waals surface area contributed by atoms with Gasteiger partial charge in [-0.15, -0.1) is 0 Å². The number of carbonyl (C=O) groups is 1. The summed E-state index contributed by atoms with van der Waals surface area (Å²) in [6.07, 6.45) is 5.68. The third-order valence-electron chi connectivity index (χ3n) is 5.39. The zero-order valence-corrected chi connectivity index (χ0v) is 17.2. The number of ether oxygens (including phenoxy) is 1. The van der Waals surface area contributed by atoms with Gasteiger partial charge in [0, 0.05) is 19.1 Å². The number of nitrogens with one attached hydrogen (secondary N) is 1. The van der Waals surface area contributed by atoms with E-state index in [4.69, 9.17) is 4.74 Å². The molecule has 1 heterocycles. The summed E-state index contributed by atoms with van der Waals surface area (Å²) >= 11 is 0. The van der Waals surface area contributed by atoms with Crippen molar-refractivity contribution in [2.45, 2.75) is 58.6 Å². The van der Waals surface area contributed by atoms with E-state index in [-0.39, 0.29) is 6.09 Å². The van der Waals surface area contributed by atoms with Gasteiger partial charge in [0.25, 0.3) is 0 Å². The van der Waals surface area contributed by atoms with Crippen LogP contribution < -0.4 is 5.32 Å². The molecule has 1 amide bonds. The lowest BCUT2D eigenvalue weighted by atomic mass is 9.97. The number of hydrogen-bond donors (Lipinski definition) is 1. The highest BCUT2D eigenvalue weighted by molar-refractivity contribution is 5.69. The molecule has 2 fully saturated rings. The number of benzene rings is 1. The van der Waals surface area contributed by atoms with Gasteiger partial charge in [-0.25, -0.2) is 4.79 Å². The molecule has 0 aromatic heterocycles. The third-order valence-corrected chi connectivity index (χ3v) is 5.39. The SMILES string of the molecule is CCC(=Cc1ccccc1)C1C[C@@H]1NCCC1CN(C(=O)OC(C)(C)C)C1. The topological polar surface area (TPSA) is 41.6 Å². The number of rotatable bonds is 7. The zero-order valence-electron chi connectivity index (χ0n) is 17.2. The Kier molecular flexibility index (Phi) is 6.25. The Labute approximate surface area is 164 Å². The van der Waals surface area contributed by atoms with Gasteiger partial charge >= 0.3 is 6.09 Å². The van der Waals surface area contributed by atoms with Gasteiger partial charge in [-0.05, 0) is 64.0 Å². The van der Waals surface area contributed by atoms with E-state index in [2.05, 4.69) is 48.6 Å².